The van der Waals surface area contributed by atoms with Crippen LogP contribution in [0.5, 0.6) is 0 Å². The minimum absolute atomic E-state index is 0.684. The van der Waals surface area contributed by atoms with Gasteiger partial charge in [0.2, 0.25) is 0 Å². The molecular weight excluding hydrogens is 314 g/mol. The van der Waals surface area contributed by atoms with Gasteiger partial charge in [0.15, 0.2) is 0 Å². The molecule has 122 valence electrons. The SMILES string of the molecule is N#Cc1ccc(-c2ccc(-c3ccc(-c4ccccc4)cc3)cc2)cc1. The van der Waals surface area contributed by atoms with E-state index in [0.717, 1.165) is 11.1 Å². The van der Waals surface area contributed by atoms with E-state index >= 15 is 0 Å². The Labute approximate surface area is 153 Å². The molecule has 1 nitrogen and oxygen atoms in total. The lowest BCUT2D eigenvalue weighted by Gasteiger charge is -2.07. The first-order valence-electron chi connectivity index (χ1n) is 8.60. The summed E-state index contributed by atoms with van der Waals surface area (Å²) in [6.45, 7) is 0. The maximum Gasteiger partial charge on any atom is 0.0991 e. The zero-order valence-electron chi connectivity index (χ0n) is 14.3. The summed E-state index contributed by atoms with van der Waals surface area (Å²) >= 11 is 0. The molecule has 0 saturated carbocycles. The van der Waals surface area contributed by atoms with Gasteiger partial charge >= 0.3 is 0 Å². The lowest BCUT2D eigenvalue weighted by atomic mass is 9.98. The van der Waals surface area contributed by atoms with Gasteiger partial charge in [0.05, 0.1) is 11.6 Å². The van der Waals surface area contributed by atoms with Gasteiger partial charge in [-0.15, -0.1) is 0 Å². The molecule has 0 radical (unpaired) electrons. The molecule has 26 heavy (non-hydrogen) atoms. The highest BCUT2D eigenvalue weighted by molar-refractivity contribution is 5.73. The van der Waals surface area contributed by atoms with E-state index < -0.39 is 0 Å². The van der Waals surface area contributed by atoms with E-state index in [1.54, 1.807) is 0 Å². The highest BCUT2D eigenvalue weighted by Gasteiger charge is 2.02. The summed E-state index contributed by atoms with van der Waals surface area (Å²) in [7, 11) is 0. The van der Waals surface area contributed by atoms with Crippen LogP contribution in [0.4, 0.5) is 0 Å². The van der Waals surface area contributed by atoms with Crippen LogP contribution in [0.1, 0.15) is 5.56 Å². The predicted molar refractivity (Wildman–Crippen MR) is 107 cm³/mol. The number of nitriles is 1. The molecule has 4 aromatic rings. The molecule has 0 aliphatic rings. The normalized spacial score (nSPS) is 10.3. The van der Waals surface area contributed by atoms with Crippen molar-refractivity contribution in [1.82, 2.24) is 0 Å². The molecule has 4 rings (SSSR count). The molecule has 4 aromatic carbocycles. The number of hydrogen-bond donors (Lipinski definition) is 0. The molecule has 0 atom stereocenters. The van der Waals surface area contributed by atoms with Crippen LogP contribution in [0.3, 0.4) is 0 Å². The van der Waals surface area contributed by atoms with Gasteiger partial charge in [-0.05, 0) is 45.5 Å². The van der Waals surface area contributed by atoms with Crippen LogP contribution in [-0.4, -0.2) is 0 Å². The second-order valence-electron chi connectivity index (χ2n) is 6.21. The predicted octanol–water partition coefficient (Wildman–Crippen LogP) is 6.56. The molecule has 0 N–H and O–H groups in total. The third kappa shape index (κ3) is 3.27. The van der Waals surface area contributed by atoms with Gasteiger partial charge in [0.1, 0.15) is 0 Å². The molecule has 0 heterocycles. The van der Waals surface area contributed by atoms with Crippen molar-refractivity contribution in [3.63, 3.8) is 0 Å². The Hall–Kier alpha value is -3.63. The molecule has 0 amide bonds. The first-order valence-corrected chi connectivity index (χ1v) is 8.60. The van der Waals surface area contributed by atoms with Gasteiger partial charge in [0, 0.05) is 0 Å². The number of nitrogens with zero attached hydrogens (tertiary/aromatic N) is 1. The van der Waals surface area contributed by atoms with Crippen molar-refractivity contribution >= 4 is 0 Å². The van der Waals surface area contributed by atoms with E-state index in [4.69, 9.17) is 5.26 Å². The van der Waals surface area contributed by atoms with Crippen LogP contribution in [-0.2, 0) is 0 Å². The third-order valence-corrected chi connectivity index (χ3v) is 4.56. The smallest absolute Gasteiger partial charge is 0.0991 e. The topological polar surface area (TPSA) is 23.8 Å². The fraction of sp³-hybridized carbons (Fsp3) is 0. The largest absolute Gasteiger partial charge is 0.192 e. The van der Waals surface area contributed by atoms with E-state index in [0.29, 0.717) is 5.56 Å². The van der Waals surface area contributed by atoms with Crippen LogP contribution in [0.15, 0.2) is 103 Å². The Morgan fingerprint density at radius 1 is 0.385 bits per heavy atom. The van der Waals surface area contributed by atoms with E-state index in [-0.39, 0.29) is 0 Å². The first kappa shape index (κ1) is 15.9. The maximum atomic E-state index is 8.90. The van der Waals surface area contributed by atoms with Crippen molar-refractivity contribution in [1.29, 1.82) is 5.26 Å². The maximum absolute atomic E-state index is 8.90. The van der Waals surface area contributed by atoms with Gasteiger partial charge in [-0.1, -0.05) is 91.0 Å². The molecule has 0 aliphatic carbocycles. The van der Waals surface area contributed by atoms with Gasteiger partial charge in [-0.3, -0.25) is 0 Å². The molecule has 1 heteroatoms. The third-order valence-electron chi connectivity index (χ3n) is 4.56. The quantitative estimate of drug-likeness (QED) is 0.417. The van der Waals surface area contributed by atoms with Crippen molar-refractivity contribution < 1.29 is 0 Å². The summed E-state index contributed by atoms with van der Waals surface area (Å²) in [5.41, 5.74) is 7.81. The average Bonchev–Trinajstić information content (AvgIpc) is 2.75. The van der Waals surface area contributed by atoms with E-state index in [1.165, 1.54) is 22.3 Å². The zero-order valence-corrected chi connectivity index (χ0v) is 14.3. The number of rotatable bonds is 3. The van der Waals surface area contributed by atoms with E-state index in [9.17, 15) is 0 Å². The summed E-state index contributed by atoms with van der Waals surface area (Å²) in [6.07, 6.45) is 0. The van der Waals surface area contributed by atoms with Gasteiger partial charge < -0.3 is 0 Å². The molecule has 0 unspecified atom stereocenters. The molecule has 0 aromatic heterocycles. The van der Waals surface area contributed by atoms with Crippen molar-refractivity contribution in [2.75, 3.05) is 0 Å². The summed E-state index contributed by atoms with van der Waals surface area (Å²) in [4.78, 5) is 0. The van der Waals surface area contributed by atoms with Crippen LogP contribution in [0, 0.1) is 11.3 Å². The average molecular weight is 331 g/mol. The summed E-state index contributed by atoms with van der Waals surface area (Å²) in [6, 6.07) is 37.4. The minimum Gasteiger partial charge on any atom is -0.192 e. The Balaban J connectivity index is 1.57. The molecular formula is C25H17N. The summed E-state index contributed by atoms with van der Waals surface area (Å²) in [5.74, 6) is 0. The van der Waals surface area contributed by atoms with E-state index in [2.05, 4.69) is 78.9 Å². The standard InChI is InChI=1S/C25H17N/c26-18-19-6-8-21(9-7-19)23-14-16-25(17-15-23)24-12-10-22(11-13-24)20-4-2-1-3-5-20/h1-17H. The Morgan fingerprint density at radius 3 is 1.04 bits per heavy atom. The van der Waals surface area contributed by atoms with Gasteiger partial charge in [0.25, 0.3) is 0 Å². The van der Waals surface area contributed by atoms with Crippen molar-refractivity contribution in [2.24, 2.45) is 0 Å². The number of hydrogen-bond acceptors (Lipinski definition) is 1. The zero-order chi connectivity index (χ0) is 17.8. The first-order chi connectivity index (χ1) is 12.8. The lowest BCUT2D eigenvalue weighted by Crippen LogP contribution is -1.82. The van der Waals surface area contributed by atoms with Crippen LogP contribution >= 0.6 is 0 Å². The van der Waals surface area contributed by atoms with Crippen molar-refractivity contribution in [3.8, 4) is 39.4 Å². The fourth-order valence-electron chi connectivity index (χ4n) is 3.08. The van der Waals surface area contributed by atoms with Crippen LogP contribution in [0.2, 0.25) is 0 Å². The highest BCUT2D eigenvalue weighted by atomic mass is 14.2. The fourth-order valence-corrected chi connectivity index (χ4v) is 3.08. The Kier molecular flexibility index (Phi) is 4.33. The van der Waals surface area contributed by atoms with Crippen molar-refractivity contribution in [3.05, 3.63) is 109 Å². The molecule has 0 fully saturated rings. The summed E-state index contributed by atoms with van der Waals surface area (Å²) < 4.78 is 0. The monoisotopic (exact) mass is 331 g/mol. The van der Waals surface area contributed by atoms with E-state index in [1.807, 2.05) is 30.3 Å². The van der Waals surface area contributed by atoms with Gasteiger partial charge in [-0.25, -0.2) is 0 Å². The molecule has 0 bridgehead atoms. The molecule has 0 saturated heterocycles. The highest BCUT2D eigenvalue weighted by Crippen LogP contribution is 2.27. The lowest BCUT2D eigenvalue weighted by molar-refractivity contribution is 1.48. The van der Waals surface area contributed by atoms with Crippen LogP contribution < -0.4 is 0 Å². The van der Waals surface area contributed by atoms with Crippen molar-refractivity contribution in [2.45, 2.75) is 0 Å². The van der Waals surface area contributed by atoms with Crippen LogP contribution in [0.25, 0.3) is 33.4 Å². The number of benzene rings is 4. The summed E-state index contributed by atoms with van der Waals surface area (Å²) in [5, 5.41) is 8.90. The molecule has 0 aliphatic heterocycles. The Bertz CT molecular complexity index is 1040. The molecule has 0 spiro atoms. The Morgan fingerprint density at radius 2 is 0.692 bits per heavy atom. The second-order valence-corrected chi connectivity index (χ2v) is 6.21. The minimum atomic E-state index is 0.684. The second kappa shape index (κ2) is 7.09. The van der Waals surface area contributed by atoms with Gasteiger partial charge in [-0.2, -0.15) is 5.26 Å².